The smallest absolute Gasteiger partial charge is 0.184 e. The van der Waals surface area contributed by atoms with E-state index in [4.69, 9.17) is 5.73 Å². The lowest BCUT2D eigenvalue weighted by molar-refractivity contribution is 0.257. The van der Waals surface area contributed by atoms with Crippen LogP contribution >= 0.6 is 11.8 Å². The highest BCUT2D eigenvalue weighted by Gasteiger charge is 2.15. The summed E-state index contributed by atoms with van der Waals surface area (Å²) in [6.45, 7) is 2.25. The van der Waals surface area contributed by atoms with Crippen molar-refractivity contribution in [3.05, 3.63) is 0 Å². The van der Waals surface area contributed by atoms with Crippen molar-refractivity contribution in [1.82, 2.24) is 4.90 Å². The van der Waals surface area contributed by atoms with E-state index in [-0.39, 0.29) is 0 Å². The van der Waals surface area contributed by atoms with Gasteiger partial charge in [0.2, 0.25) is 0 Å². The Morgan fingerprint density at radius 2 is 2.14 bits per heavy atom. The van der Waals surface area contributed by atoms with E-state index in [1.165, 1.54) is 6.34 Å². The molecular weight excluding hydrogens is 196 g/mol. The quantitative estimate of drug-likeness (QED) is 0.518. The maximum Gasteiger partial charge on any atom is 0.184 e. The molecule has 1 rings (SSSR count). The molecule has 2 N–H and O–H groups in total. The molecule has 1 aliphatic heterocycles. The number of likely N-dealkylation sites (tertiary alicyclic amines) is 1. The molecule has 0 unspecified atom stereocenters. The van der Waals surface area contributed by atoms with Crippen molar-refractivity contribution in [3.63, 3.8) is 0 Å². The van der Waals surface area contributed by atoms with Crippen LogP contribution in [-0.2, 0) is 0 Å². The zero-order valence-corrected chi connectivity index (χ0v) is 9.63. The minimum Gasteiger partial charge on any atom is -0.390 e. The second-order valence-electron chi connectivity index (χ2n) is 3.43. The topological polar surface area (TPSA) is 54.0 Å². The van der Waals surface area contributed by atoms with Crippen molar-refractivity contribution >= 4 is 23.3 Å². The van der Waals surface area contributed by atoms with Gasteiger partial charge in [0, 0.05) is 0 Å². The van der Waals surface area contributed by atoms with Crippen molar-refractivity contribution in [3.8, 4) is 0 Å². The molecule has 80 valence electrons. The molecule has 5 heteroatoms. The summed E-state index contributed by atoms with van der Waals surface area (Å²) in [7, 11) is 2.15. The molecule has 0 amide bonds. The lowest BCUT2D eigenvalue weighted by atomic mass is 10.1. The van der Waals surface area contributed by atoms with Crippen LogP contribution < -0.4 is 5.73 Å². The molecule has 0 aromatic rings. The maximum absolute atomic E-state index is 5.24. The Morgan fingerprint density at radius 1 is 1.50 bits per heavy atom. The van der Waals surface area contributed by atoms with Gasteiger partial charge in [-0.05, 0) is 39.2 Å². The normalized spacial score (nSPS) is 22.0. The van der Waals surface area contributed by atoms with E-state index in [1.54, 1.807) is 11.8 Å². The molecule has 0 saturated carbocycles. The molecule has 0 atom stereocenters. The van der Waals surface area contributed by atoms with E-state index in [0.29, 0.717) is 6.04 Å². The molecule has 0 aromatic heterocycles. The minimum absolute atomic E-state index is 0.428. The fourth-order valence-corrected chi connectivity index (χ4v) is 1.90. The molecule has 0 aromatic carbocycles. The Bertz CT molecular complexity index is 219. The Kier molecular flexibility index (Phi) is 4.97. The number of piperidine rings is 1. The summed E-state index contributed by atoms with van der Waals surface area (Å²) in [4.78, 5) is 10.9. The Labute approximate surface area is 89.7 Å². The van der Waals surface area contributed by atoms with Crippen LogP contribution in [0.25, 0.3) is 0 Å². The highest BCUT2D eigenvalue weighted by Crippen LogP contribution is 2.14. The number of nitrogens with zero attached hydrogens (tertiary/aromatic N) is 3. The second-order valence-corrected chi connectivity index (χ2v) is 4.20. The lowest BCUT2D eigenvalue weighted by Gasteiger charge is -2.26. The summed E-state index contributed by atoms with van der Waals surface area (Å²) in [5, 5.41) is 0.794. The molecule has 1 heterocycles. The summed E-state index contributed by atoms with van der Waals surface area (Å²) in [6, 6.07) is 0.428. The molecule has 4 nitrogen and oxygen atoms in total. The number of rotatable bonds is 1. The van der Waals surface area contributed by atoms with Crippen LogP contribution in [0, 0.1) is 0 Å². The van der Waals surface area contributed by atoms with Gasteiger partial charge in [0.05, 0.1) is 12.4 Å². The van der Waals surface area contributed by atoms with E-state index >= 15 is 0 Å². The lowest BCUT2D eigenvalue weighted by Crippen LogP contribution is -2.32. The number of hydrogen-bond acceptors (Lipinski definition) is 3. The summed E-state index contributed by atoms with van der Waals surface area (Å²) in [5.74, 6) is 0. The largest absolute Gasteiger partial charge is 0.390 e. The van der Waals surface area contributed by atoms with E-state index in [2.05, 4.69) is 21.9 Å². The van der Waals surface area contributed by atoms with E-state index in [1.807, 2.05) is 6.26 Å². The third-order valence-corrected chi connectivity index (χ3v) is 2.92. The van der Waals surface area contributed by atoms with Crippen LogP contribution in [-0.4, -0.2) is 48.8 Å². The number of hydrogen-bond donors (Lipinski definition) is 1. The second kappa shape index (κ2) is 6.03. The van der Waals surface area contributed by atoms with Gasteiger partial charge >= 0.3 is 0 Å². The van der Waals surface area contributed by atoms with Gasteiger partial charge in [-0.1, -0.05) is 11.8 Å². The first-order valence-electron chi connectivity index (χ1n) is 4.81. The van der Waals surface area contributed by atoms with Crippen molar-refractivity contribution in [2.75, 3.05) is 26.4 Å². The molecule has 0 aliphatic carbocycles. The molecule has 1 aliphatic rings. The van der Waals surface area contributed by atoms with E-state index in [0.717, 1.165) is 31.1 Å². The number of amidine groups is 1. The fraction of sp³-hybridized carbons (Fsp3) is 0.778. The monoisotopic (exact) mass is 214 g/mol. The zero-order valence-electron chi connectivity index (χ0n) is 8.81. The SMILES string of the molecule is CSC(=NC1CCN(C)CC1)/N=C/N. The van der Waals surface area contributed by atoms with Gasteiger partial charge < -0.3 is 10.6 Å². The van der Waals surface area contributed by atoms with Gasteiger partial charge in [0.15, 0.2) is 5.17 Å². The van der Waals surface area contributed by atoms with E-state index < -0.39 is 0 Å². The standard InChI is InChI=1S/C9H18N4S/c1-13-5-3-8(4-6-13)12-9(14-2)11-7-10/h7-8H,3-6H2,1-2H3,(H2,10,11,12). The summed E-state index contributed by atoms with van der Waals surface area (Å²) < 4.78 is 0. The van der Waals surface area contributed by atoms with Gasteiger partial charge in [0.25, 0.3) is 0 Å². The summed E-state index contributed by atoms with van der Waals surface area (Å²) in [6.07, 6.45) is 5.53. The third kappa shape index (κ3) is 3.67. The van der Waals surface area contributed by atoms with Crippen LogP contribution in [0.1, 0.15) is 12.8 Å². The molecule has 14 heavy (non-hydrogen) atoms. The predicted molar refractivity (Wildman–Crippen MR) is 64.1 cm³/mol. The number of aliphatic imine (C=N–C) groups is 2. The molecular formula is C9H18N4S. The summed E-state index contributed by atoms with van der Waals surface area (Å²) in [5.41, 5.74) is 5.24. The van der Waals surface area contributed by atoms with Gasteiger partial charge in [-0.15, -0.1) is 0 Å². The molecule has 0 spiro atoms. The first-order valence-corrected chi connectivity index (χ1v) is 6.03. The Hall–Kier alpha value is -0.550. The van der Waals surface area contributed by atoms with Gasteiger partial charge in [0.1, 0.15) is 0 Å². The molecule has 1 saturated heterocycles. The predicted octanol–water partition coefficient (Wildman–Crippen LogP) is 0.787. The van der Waals surface area contributed by atoms with Crippen LogP contribution in [0.15, 0.2) is 9.98 Å². The first kappa shape index (κ1) is 11.5. The van der Waals surface area contributed by atoms with E-state index in [9.17, 15) is 0 Å². The molecule has 1 fully saturated rings. The summed E-state index contributed by atoms with van der Waals surface area (Å²) >= 11 is 1.55. The fourth-order valence-electron chi connectivity index (χ4n) is 1.48. The van der Waals surface area contributed by atoms with Crippen molar-refractivity contribution in [1.29, 1.82) is 0 Å². The zero-order chi connectivity index (χ0) is 10.4. The highest BCUT2D eigenvalue weighted by atomic mass is 32.2. The van der Waals surface area contributed by atoms with Gasteiger partial charge in [-0.3, -0.25) is 4.99 Å². The molecule has 0 bridgehead atoms. The average Bonchev–Trinajstić information content (AvgIpc) is 2.20. The van der Waals surface area contributed by atoms with Gasteiger partial charge in [-0.25, -0.2) is 4.99 Å². The third-order valence-electron chi connectivity index (χ3n) is 2.35. The molecule has 0 radical (unpaired) electrons. The number of nitrogens with two attached hydrogens (primary N) is 1. The van der Waals surface area contributed by atoms with Crippen LogP contribution in [0.5, 0.6) is 0 Å². The minimum atomic E-state index is 0.428. The Balaban J connectivity index is 2.48. The van der Waals surface area contributed by atoms with Crippen molar-refractivity contribution < 1.29 is 0 Å². The van der Waals surface area contributed by atoms with Crippen LogP contribution in [0.4, 0.5) is 0 Å². The maximum atomic E-state index is 5.24. The van der Waals surface area contributed by atoms with Gasteiger partial charge in [-0.2, -0.15) is 0 Å². The number of thioether (sulfide) groups is 1. The van der Waals surface area contributed by atoms with Crippen LogP contribution in [0.2, 0.25) is 0 Å². The van der Waals surface area contributed by atoms with Crippen molar-refractivity contribution in [2.45, 2.75) is 18.9 Å². The van der Waals surface area contributed by atoms with Crippen LogP contribution in [0.3, 0.4) is 0 Å². The average molecular weight is 214 g/mol. The van der Waals surface area contributed by atoms with Crippen molar-refractivity contribution in [2.24, 2.45) is 15.7 Å². The highest BCUT2D eigenvalue weighted by molar-refractivity contribution is 8.13. The first-order chi connectivity index (χ1) is 6.76. The Morgan fingerprint density at radius 3 is 2.64 bits per heavy atom.